The van der Waals surface area contributed by atoms with Gasteiger partial charge in [-0.05, 0) is 24.6 Å². The molecule has 1 fully saturated rings. The molecular formula is C13H18Cl3F3N2. The van der Waals surface area contributed by atoms with E-state index in [4.69, 9.17) is 11.6 Å². The molecule has 1 aromatic carbocycles. The van der Waals surface area contributed by atoms with E-state index in [0.29, 0.717) is 5.56 Å². The third-order valence-electron chi connectivity index (χ3n) is 3.48. The van der Waals surface area contributed by atoms with E-state index in [1.165, 1.54) is 6.07 Å². The summed E-state index contributed by atoms with van der Waals surface area (Å²) >= 11 is 5.63. The van der Waals surface area contributed by atoms with Gasteiger partial charge in [-0.25, -0.2) is 0 Å². The van der Waals surface area contributed by atoms with Gasteiger partial charge in [-0.2, -0.15) is 13.2 Å². The molecule has 2 rings (SSSR count). The lowest BCUT2D eigenvalue weighted by Gasteiger charge is -2.33. The molecule has 0 bridgehead atoms. The summed E-state index contributed by atoms with van der Waals surface area (Å²) in [6, 6.07) is 4.12. The number of piperazine rings is 1. The number of nitrogens with one attached hydrogen (secondary N) is 1. The lowest BCUT2D eigenvalue weighted by molar-refractivity contribution is -0.137. The monoisotopic (exact) mass is 364 g/mol. The van der Waals surface area contributed by atoms with Gasteiger partial charge < -0.3 is 5.32 Å². The van der Waals surface area contributed by atoms with E-state index in [1.807, 2.05) is 6.92 Å². The van der Waals surface area contributed by atoms with Gasteiger partial charge in [0.2, 0.25) is 0 Å². The first-order valence-electron chi connectivity index (χ1n) is 6.21. The summed E-state index contributed by atoms with van der Waals surface area (Å²) in [5, 5.41) is 2.98. The summed E-state index contributed by atoms with van der Waals surface area (Å²) in [6.45, 7) is 5.33. The predicted octanol–water partition coefficient (Wildman–Crippen LogP) is 4.17. The molecule has 21 heavy (non-hydrogen) atoms. The Hall–Kier alpha value is -0.200. The van der Waals surface area contributed by atoms with E-state index in [2.05, 4.69) is 10.2 Å². The molecule has 2 nitrogen and oxygen atoms in total. The van der Waals surface area contributed by atoms with Gasteiger partial charge in [0.1, 0.15) is 0 Å². The largest absolute Gasteiger partial charge is 0.417 e. The van der Waals surface area contributed by atoms with Crippen LogP contribution < -0.4 is 5.32 Å². The first kappa shape index (κ1) is 20.8. The number of benzene rings is 1. The van der Waals surface area contributed by atoms with Crippen molar-refractivity contribution in [1.82, 2.24) is 10.2 Å². The number of halogens is 6. The highest BCUT2D eigenvalue weighted by atomic mass is 35.5. The van der Waals surface area contributed by atoms with Crippen LogP contribution >= 0.6 is 36.4 Å². The van der Waals surface area contributed by atoms with Crippen molar-refractivity contribution in [2.45, 2.75) is 19.1 Å². The number of hydrogen-bond acceptors (Lipinski definition) is 2. The molecule has 0 aromatic heterocycles. The maximum absolute atomic E-state index is 12.8. The van der Waals surface area contributed by atoms with E-state index in [0.717, 1.165) is 32.2 Å². The van der Waals surface area contributed by atoms with E-state index in [-0.39, 0.29) is 35.9 Å². The van der Waals surface area contributed by atoms with Crippen LogP contribution in [-0.2, 0) is 6.18 Å². The minimum absolute atomic E-state index is 0. The Morgan fingerprint density at radius 3 is 2.29 bits per heavy atom. The lowest BCUT2D eigenvalue weighted by Crippen LogP contribution is -2.44. The molecule has 1 heterocycles. The molecule has 1 saturated heterocycles. The molecule has 1 aliphatic heterocycles. The Kier molecular flexibility index (Phi) is 8.36. The van der Waals surface area contributed by atoms with E-state index in [9.17, 15) is 13.2 Å². The summed E-state index contributed by atoms with van der Waals surface area (Å²) in [6.07, 6.45) is -4.41. The zero-order valence-electron chi connectivity index (χ0n) is 11.4. The smallest absolute Gasteiger partial charge is 0.314 e. The van der Waals surface area contributed by atoms with Crippen molar-refractivity contribution in [2.24, 2.45) is 0 Å². The highest BCUT2D eigenvalue weighted by Gasteiger charge is 2.34. The molecule has 1 N–H and O–H groups in total. The summed E-state index contributed by atoms with van der Waals surface area (Å²) in [5.41, 5.74) is -0.104. The van der Waals surface area contributed by atoms with Crippen LogP contribution in [0.15, 0.2) is 18.2 Å². The van der Waals surface area contributed by atoms with Crippen molar-refractivity contribution in [1.29, 1.82) is 0 Å². The van der Waals surface area contributed by atoms with Gasteiger partial charge in [-0.1, -0.05) is 17.7 Å². The van der Waals surface area contributed by atoms with Crippen LogP contribution in [0, 0.1) is 0 Å². The number of nitrogens with zero attached hydrogens (tertiary/aromatic N) is 1. The Morgan fingerprint density at radius 1 is 1.19 bits per heavy atom. The van der Waals surface area contributed by atoms with Crippen molar-refractivity contribution in [3.05, 3.63) is 34.3 Å². The Labute approximate surface area is 139 Å². The molecule has 1 aliphatic rings. The number of rotatable bonds is 2. The van der Waals surface area contributed by atoms with Crippen molar-refractivity contribution in [3.8, 4) is 0 Å². The standard InChI is InChI=1S/C13H16ClF3N2.2ClH/c1-9(19-6-4-18-5-7-19)10-2-3-12(14)11(8-10)13(15,16)17;;/h2-3,8-9,18H,4-7H2,1H3;2*1H/t9-;;/m1../s1. The minimum Gasteiger partial charge on any atom is -0.314 e. The minimum atomic E-state index is -4.41. The maximum Gasteiger partial charge on any atom is 0.417 e. The van der Waals surface area contributed by atoms with E-state index < -0.39 is 11.7 Å². The SMILES string of the molecule is C[C@H](c1ccc(Cl)c(C(F)(F)F)c1)N1CCNCC1.Cl.Cl. The molecule has 1 aromatic rings. The second-order valence-corrected chi connectivity index (χ2v) is 5.11. The molecule has 0 spiro atoms. The maximum atomic E-state index is 12.8. The van der Waals surface area contributed by atoms with Crippen molar-refractivity contribution in [3.63, 3.8) is 0 Å². The van der Waals surface area contributed by atoms with Crippen LogP contribution in [0.25, 0.3) is 0 Å². The van der Waals surface area contributed by atoms with E-state index >= 15 is 0 Å². The van der Waals surface area contributed by atoms with Crippen LogP contribution in [0.5, 0.6) is 0 Å². The number of hydrogen-bond donors (Lipinski definition) is 1. The molecule has 0 saturated carbocycles. The molecule has 122 valence electrons. The van der Waals surface area contributed by atoms with Gasteiger partial charge in [0.05, 0.1) is 10.6 Å². The second kappa shape index (κ2) is 8.44. The van der Waals surface area contributed by atoms with Gasteiger partial charge in [-0.15, -0.1) is 24.8 Å². The Morgan fingerprint density at radius 2 is 1.76 bits per heavy atom. The van der Waals surface area contributed by atoms with Crippen LogP contribution in [0.4, 0.5) is 13.2 Å². The molecule has 1 atom stereocenters. The third-order valence-corrected chi connectivity index (χ3v) is 3.81. The van der Waals surface area contributed by atoms with Gasteiger partial charge in [0.15, 0.2) is 0 Å². The fraction of sp³-hybridized carbons (Fsp3) is 0.538. The molecule has 8 heteroatoms. The quantitative estimate of drug-likeness (QED) is 0.846. The summed E-state index contributed by atoms with van der Waals surface area (Å²) in [7, 11) is 0. The van der Waals surface area contributed by atoms with Crippen LogP contribution in [0.1, 0.15) is 24.1 Å². The fourth-order valence-electron chi connectivity index (χ4n) is 2.30. The van der Waals surface area contributed by atoms with Gasteiger partial charge in [-0.3, -0.25) is 4.90 Å². The van der Waals surface area contributed by atoms with E-state index in [1.54, 1.807) is 6.07 Å². The average molecular weight is 366 g/mol. The second-order valence-electron chi connectivity index (χ2n) is 4.70. The van der Waals surface area contributed by atoms with Gasteiger partial charge in [0, 0.05) is 32.2 Å². The third kappa shape index (κ3) is 5.18. The van der Waals surface area contributed by atoms with Crippen LogP contribution in [0.2, 0.25) is 5.02 Å². The fourth-order valence-corrected chi connectivity index (χ4v) is 2.52. The van der Waals surface area contributed by atoms with Gasteiger partial charge in [0.25, 0.3) is 0 Å². The normalized spacial score (nSPS) is 17.6. The van der Waals surface area contributed by atoms with Crippen LogP contribution in [-0.4, -0.2) is 31.1 Å². The molecule has 0 aliphatic carbocycles. The Balaban J connectivity index is 0.00000200. The molecule has 0 radical (unpaired) electrons. The summed E-state index contributed by atoms with van der Waals surface area (Å²) in [4.78, 5) is 2.17. The highest BCUT2D eigenvalue weighted by molar-refractivity contribution is 6.31. The van der Waals surface area contributed by atoms with Crippen molar-refractivity contribution >= 4 is 36.4 Å². The molecular weight excluding hydrogens is 348 g/mol. The lowest BCUT2D eigenvalue weighted by atomic mass is 10.0. The Bertz CT molecular complexity index is 449. The van der Waals surface area contributed by atoms with Crippen LogP contribution in [0.3, 0.4) is 0 Å². The first-order valence-corrected chi connectivity index (χ1v) is 6.59. The number of alkyl halides is 3. The molecule has 0 unspecified atom stereocenters. The highest BCUT2D eigenvalue weighted by Crippen LogP contribution is 2.36. The van der Waals surface area contributed by atoms with Crippen molar-refractivity contribution < 1.29 is 13.2 Å². The van der Waals surface area contributed by atoms with Crippen molar-refractivity contribution in [2.75, 3.05) is 26.2 Å². The zero-order chi connectivity index (χ0) is 14.0. The first-order chi connectivity index (χ1) is 8.89. The predicted molar refractivity (Wildman–Crippen MR) is 83.8 cm³/mol. The van der Waals surface area contributed by atoms with Gasteiger partial charge >= 0.3 is 6.18 Å². The topological polar surface area (TPSA) is 15.3 Å². The zero-order valence-corrected chi connectivity index (χ0v) is 13.8. The summed E-state index contributed by atoms with van der Waals surface area (Å²) in [5.74, 6) is 0. The average Bonchev–Trinajstić information content (AvgIpc) is 2.38. The summed E-state index contributed by atoms with van der Waals surface area (Å²) < 4.78 is 38.5. The molecule has 0 amide bonds.